The molecule has 1 fully saturated rings. The summed E-state index contributed by atoms with van der Waals surface area (Å²) in [5.74, 6) is -0.177. The molecule has 5 rings (SSSR count). The maximum absolute atomic E-state index is 13.4. The Balaban J connectivity index is 1.20. The molecular weight excluding hydrogens is 520 g/mol. The highest BCUT2D eigenvalue weighted by atomic mass is 16.6. The summed E-state index contributed by atoms with van der Waals surface area (Å²) in [4.78, 5) is 44.4. The summed E-state index contributed by atoms with van der Waals surface area (Å²) in [5, 5.41) is 7.18. The Morgan fingerprint density at radius 2 is 1.76 bits per heavy atom. The molecule has 0 unspecified atom stereocenters. The molecule has 10 nitrogen and oxygen atoms in total. The van der Waals surface area contributed by atoms with E-state index >= 15 is 0 Å². The van der Waals surface area contributed by atoms with Gasteiger partial charge in [-0.1, -0.05) is 18.2 Å². The zero-order valence-corrected chi connectivity index (χ0v) is 24.2. The average Bonchev–Trinajstić information content (AvgIpc) is 3.61. The number of carbonyl (C=O) groups is 3. The van der Waals surface area contributed by atoms with Gasteiger partial charge in [-0.3, -0.25) is 14.3 Å². The normalized spacial score (nSPS) is 15.4. The lowest BCUT2D eigenvalue weighted by Gasteiger charge is -2.38. The van der Waals surface area contributed by atoms with Crippen molar-refractivity contribution in [3.63, 3.8) is 0 Å². The van der Waals surface area contributed by atoms with Gasteiger partial charge in [0.1, 0.15) is 12.1 Å². The van der Waals surface area contributed by atoms with E-state index in [9.17, 15) is 14.4 Å². The second-order valence-corrected chi connectivity index (χ2v) is 11.7. The second kappa shape index (κ2) is 11.6. The van der Waals surface area contributed by atoms with Crippen LogP contribution in [-0.2, 0) is 29.2 Å². The molecule has 0 saturated carbocycles. The maximum atomic E-state index is 13.4. The predicted molar refractivity (Wildman–Crippen MR) is 157 cm³/mol. The van der Waals surface area contributed by atoms with Crippen molar-refractivity contribution in [1.82, 2.24) is 19.6 Å². The molecule has 41 heavy (non-hydrogen) atoms. The van der Waals surface area contributed by atoms with E-state index in [2.05, 4.69) is 15.3 Å². The van der Waals surface area contributed by atoms with E-state index in [1.807, 2.05) is 63.2 Å². The molecule has 0 spiro atoms. The smallest absolute Gasteiger partial charge is 0.410 e. The number of aromatic nitrogens is 2. The van der Waals surface area contributed by atoms with Crippen LogP contribution in [0, 0.1) is 0 Å². The number of anilines is 2. The van der Waals surface area contributed by atoms with Crippen LogP contribution in [0.2, 0.25) is 0 Å². The summed E-state index contributed by atoms with van der Waals surface area (Å²) in [6.07, 6.45) is 4.69. The Bertz CT molecular complexity index is 1410. The van der Waals surface area contributed by atoms with E-state index in [-0.39, 0.29) is 30.5 Å². The SMILES string of the molecule is CN(C(=O)OC(C)(C)C)C1CCN(c2ccccc2C(=O)Nc2ccc3c(c2)CN(C(=O)Cn2cccn2)C3)CC1. The zero-order chi connectivity index (χ0) is 29.1. The minimum absolute atomic E-state index is 0.00507. The number of benzene rings is 2. The number of para-hydroxylation sites is 1. The lowest BCUT2D eigenvalue weighted by molar-refractivity contribution is -0.132. The number of fused-ring (bicyclic) bond motifs is 1. The number of amides is 3. The minimum Gasteiger partial charge on any atom is -0.444 e. The van der Waals surface area contributed by atoms with Gasteiger partial charge in [0.25, 0.3) is 5.91 Å². The first-order valence-corrected chi connectivity index (χ1v) is 14.1. The molecule has 10 heteroatoms. The summed E-state index contributed by atoms with van der Waals surface area (Å²) in [6, 6.07) is 15.3. The molecule has 2 aliphatic heterocycles. The van der Waals surface area contributed by atoms with E-state index in [0.29, 0.717) is 24.3 Å². The van der Waals surface area contributed by atoms with Gasteiger partial charge >= 0.3 is 6.09 Å². The quantitative estimate of drug-likeness (QED) is 0.478. The van der Waals surface area contributed by atoms with E-state index in [1.165, 1.54) is 0 Å². The Morgan fingerprint density at radius 3 is 2.46 bits per heavy atom. The molecule has 0 bridgehead atoms. The molecule has 2 aliphatic rings. The molecule has 1 aromatic heterocycles. The fraction of sp³-hybridized carbons (Fsp3) is 0.419. The monoisotopic (exact) mass is 558 g/mol. The summed E-state index contributed by atoms with van der Waals surface area (Å²) in [6.45, 7) is 8.31. The third kappa shape index (κ3) is 6.70. The Morgan fingerprint density at radius 1 is 1.02 bits per heavy atom. The molecule has 216 valence electrons. The first-order valence-electron chi connectivity index (χ1n) is 14.1. The summed E-state index contributed by atoms with van der Waals surface area (Å²) in [7, 11) is 1.79. The van der Waals surface area contributed by atoms with Gasteiger partial charge in [-0.05, 0) is 75.1 Å². The predicted octanol–water partition coefficient (Wildman–Crippen LogP) is 4.51. The van der Waals surface area contributed by atoms with Crippen molar-refractivity contribution in [2.24, 2.45) is 0 Å². The first-order chi connectivity index (χ1) is 19.6. The van der Waals surface area contributed by atoms with Gasteiger partial charge in [0.05, 0.1) is 5.56 Å². The minimum atomic E-state index is -0.533. The largest absolute Gasteiger partial charge is 0.444 e. The lowest BCUT2D eigenvalue weighted by Crippen LogP contribution is -2.47. The molecule has 3 aromatic rings. The number of nitrogens with zero attached hydrogens (tertiary/aromatic N) is 5. The van der Waals surface area contributed by atoms with E-state index in [4.69, 9.17) is 4.74 Å². The summed E-state index contributed by atoms with van der Waals surface area (Å²) < 4.78 is 7.16. The molecule has 3 amide bonds. The van der Waals surface area contributed by atoms with Crippen LogP contribution in [0.1, 0.15) is 55.1 Å². The molecule has 0 atom stereocenters. The van der Waals surface area contributed by atoms with Gasteiger partial charge in [-0.2, -0.15) is 5.10 Å². The molecule has 1 N–H and O–H groups in total. The number of rotatable bonds is 6. The fourth-order valence-electron chi connectivity index (χ4n) is 5.40. The molecule has 0 radical (unpaired) electrons. The van der Waals surface area contributed by atoms with Crippen molar-refractivity contribution in [3.05, 3.63) is 77.6 Å². The number of piperidine rings is 1. The van der Waals surface area contributed by atoms with Gasteiger partial charge in [-0.15, -0.1) is 0 Å². The van der Waals surface area contributed by atoms with Crippen LogP contribution in [0.4, 0.5) is 16.2 Å². The fourth-order valence-corrected chi connectivity index (χ4v) is 5.40. The Labute approximate surface area is 240 Å². The number of hydrogen-bond acceptors (Lipinski definition) is 6. The van der Waals surface area contributed by atoms with Crippen molar-refractivity contribution < 1.29 is 19.1 Å². The van der Waals surface area contributed by atoms with E-state index in [0.717, 1.165) is 42.7 Å². The number of ether oxygens (including phenoxy) is 1. The standard InChI is InChI=1S/C31H38N6O4/c1-31(2,3)41-30(40)34(4)25-12-16-35(17-13-25)27-9-6-5-8-26(27)29(39)33-24-11-10-22-19-36(20-23(22)18-24)28(38)21-37-15-7-14-32-37/h5-11,14-15,18,25H,12-13,16-17,19-21H2,1-4H3,(H,33,39). The van der Waals surface area contributed by atoms with Crippen LogP contribution in [-0.4, -0.2) is 69.3 Å². The number of nitrogens with one attached hydrogen (secondary N) is 1. The van der Waals surface area contributed by atoms with Crippen LogP contribution < -0.4 is 10.2 Å². The highest BCUT2D eigenvalue weighted by molar-refractivity contribution is 6.08. The topological polar surface area (TPSA) is 100 Å². The number of hydrogen-bond donors (Lipinski definition) is 1. The van der Waals surface area contributed by atoms with Crippen LogP contribution in [0.3, 0.4) is 0 Å². The Kier molecular flexibility index (Phi) is 8.01. The van der Waals surface area contributed by atoms with Gasteiger partial charge < -0.3 is 24.8 Å². The van der Waals surface area contributed by atoms with E-state index in [1.54, 1.807) is 40.0 Å². The zero-order valence-electron chi connectivity index (χ0n) is 24.2. The summed E-state index contributed by atoms with van der Waals surface area (Å²) >= 11 is 0. The van der Waals surface area contributed by atoms with Gasteiger partial charge in [0.15, 0.2) is 0 Å². The van der Waals surface area contributed by atoms with Crippen molar-refractivity contribution >= 4 is 29.3 Å². The highest BCUT2D eigenvalue weighted by Crippen LogP contribution is 2.29. The third-order valence-electron chi connectivity index (χ3n) is 7.58. The average molecular weight is 559 g/mol. The van der Waals surface area contributed by atoms with Crippen molar-refractivity contribution in [1.29, 1.82) is 0 Å². The van der Waals surface area contributed by atoms with Gasteiger partial charge in [0.2, 0.25) is 5.91 Å². The van der Waals surface area contributed by atoms with Crippen molar-refractivity contribution in [2.45, 2.75) is 64.9 Å². The van der Waals surface area contributed by atoms with Crippen molar-refractivity contribution in [2.75, 3.05) is 30.4 Å². The van der Waals surface area contributed by atoms with Crippen LogP contribution in [0.25, 0.3) is 0 Å². The molecule has 1 saturated heterocycles. The highest BCUT2D eigenvalue weighted by Gasteiger charge is 2.30. The number of carbonyl (C=O) groups excluding carboxylic acids is 3. The van der Waals surface area contributed by atoms with Gasteiger partial charge in [0, 0.05) is 63.0 Å². The van der Waals surface area contributed by atoms with Gasteiger partial charge in [-0.25, -0.2) is 4.79 Å². The second-order valence-electron chi connectivity index (χ2n) is 11.7. The maximum Gasteiger partial charge on any atom is 0.410 e. The van der Waals surface area contributed by atoms with Crippen LogP contribution in [0.15, 0.2) is 60.9 Å². The van der Waals surface area contributed by atoms with E-state index < -0.39 is 5.60 Å². The van der Waals surface area contributed by atoms with Crippen LogP contribution >= 0.6 is 0 Å². The molecule has 0 aliphatic carbocycles. The summed E-state index contributed by atoms with van der Waals surface area (Å²) in [5.41, 5.74) is 3.75. The van der Waals surface area contributed by atoms with Crippen molar-refractivity contribution in [3.8, 4) is 0 Å². The lowest BCUT2D eigenvalue weighted by atomic mass is 10.0. The van der Waals surface area contributed by atoms with Crippen LogP contribution in [0.5, 0.6) is 0 Å². The first kappa shape index (κ1) is 28.2. The molecule has 2 aromatic carbocycles. The third-order valence-corrected chi connectivity index (χ3v) is 7.58. The molecule has 3 heterocycles. The molecular formula is C31H38N6O4. The Hall–Kier alpha value is -4.34.